The number of halogens is 3. The number of anilines is 4. The number of alkyl halides is 3. The molecule has 0 aromatic carbocycles. The van der Waals surface area contributed by atoms with Crippen LogP contribution in [0.25, 0.3) is 0 Å². The summed E-state index contributed by atoms with van der Waals surface area (Å²) < 4.78 is 38.5. The number of pyridine rings is 1. The molecule has 1 aliphatic carbocycles. The maximum Gasteiger partial charge on any atom is 0.433 e. The lowest BCUT2D eigenvalue weighted by molar-refractivity contribution is -0.141. The lowest BCUT2D eigenvalue weighted by Crippen LogP contribution is -2.50. The van der Waals surface area contributed by atoms with Crippen LogP contribution in [0.5, 0.6) is 0 Å². The molecule has 3 N–H and O–H groups in total. The van der Waals surface area contributed by atoms with Gasteiger partial charge in [0.1, 0.15) is 23.2 Å². The number of carbonyl (C=O) groups is 1. The van der Waals surface area contributed by atoms with Crippen LogP contribution in [0.2, 0.25) is 0 Å². The van der Waals surface area contributed by atoms with E-state index in [0.717, 1.165) is 6.07 Å². The predicted octanol–water partition coefficient (Wildman–Crippen LogP) is 3.67. The maximum atomic E-state index is 12.8. The van der Waals surface area contributed by atoms with Gasteiger partial charge in [0.2, 0.25) is 11.9 Å². The molecule has 1 fully saturated rings. The Morgan fingerprint density at radius 1 is 1.12 bits per heavy atom. The van der Waals surface area contributed by atoms with Crippen molar-refractivity contribution in [2.45, 2.75) is 57.9 Å². The Morgan fingerprint density at radius 2 is 1.81 bits per heavy atom. The SMILES string of the molecule is Cc1nc(N[C@H]2C[C@@H](Nc3cccc(C(F)(F)F)n3)C2)nc2c1NC(=O)C(C(C)C)N2C. The van der Waals surface area contributed by atoms with Crippen molar-refractivity contribution >= 4 is 29.2 Å². The molecule has 0 saturated heterocycles. The number of rotatable bonds is 5. The van der Waals surface area contributed by atoms with Crippen molar-refractivity contribution < 1.29 is 18.0 Å². The van der Waals surface area contributed by atoms with Crippen molar-refractivity contribution in [2.75, 3.05) is 27.9 Å². The molecule has 4 rings (SSSR count). The first kappa shape index (κ1) is 22.1. The van der Waals surface area contributed by atoms with Crippen LogP contribution in [0.1, 0.15) is 38.1 Å². The highest BCUT2D eigenvalue weighted by molar-refractivity contribution is 6.03. The number of fused-ring (bicyclic) bond motifs is 1. The number of hydrogen-bond donors (Lipinski definition) is 3. The van der Waals surface area contributed by atoms with E-state index in [4.69, 9.17) is 0 Å². The van der Waals surface area contributed by atoms with Crippen LogP contribution in [0, 0.1) is 12.8 Å². The minimum Gasteiger partial charge on any atom is -0.367 e. The van der Waals surface area contributed by atoms with Crippen LogP contribution >= 0.6 is 0 Å². The van der Waals surface area contributed by atoms with E-state index in [-0.39, 0.29) is 35.8 Å². The second-order valence-corrected chi connectivity index (χ2v) is 8.68. The fraction of sp³-hybridized carbons (Fsp3) is 0.524. The number of aromatic nitrogens is 3. The average Bonchev–Trinajstić information content (AvgIpc) is 2.66. The Morgan fingerprint density at radius 3 is 2.47 bits per heavy atom. The normalized spacial score (nSPS) is 22.8. The molecule has 1 amide bonds. The van der Waals surface area contributed by atoms with Crippen molar-refractivity contribution in [3.63, 3.8) is 0 Å². The molecule has 0 spiro atoms. The summed E-state index contributed by atoms with van der Waals surface area (Å²) in [6.07, 6.45) is -3.08. The molecule has 2 aromatic rings. The second kappa shape index (κ2) is 8.10. The van der Waals surface area contributed by atoms with Crippen molar-refractivity contribution in [1.82, 2.24) is 15.0 Å². The molecule has 32 heavy (non-hydrogen) atoms. The smallest absolute Gasteiger partial charge is 0.367 e. The number of hydrogen-bond acceptors (Lipinski definition) is 7. The molecule has 1 saturated carbocycles. The molecule has 1 unspecified atom stereocenters. The largest absolute Gasteiger partial charge is 0.433 e. The standard InChI is InChI=1S/C21H26F3N7O/c1-10(2)17-19(32)29-16-11(3)25-20(30-18(16)31(17)4)27-13-8-12(9-13)26-15-7-5-6-14(28-15)21(22,23)24/h5-7,10,12-13,17H,8-9H2,1-4H3,(H,26,28)(H,29,32)(H,25,27,30)/t12-,13+,17?. The van der Waals surface area contributed by atoms with E-state index in [2.05, 4.69) is 30.9 Å². The van der Waals surface area contributed by atoms with Gasteiger partial charge in [-0.3, -0.25) is 4.79 Å². The van der Waals surface area contributed by atoms with Gasteiger partial charge in [0, 0.05) is 19.1 Å². The quantitative estimate of drug-likeness (QED) is 0.641. The highest BCUT2D eigenvalue weighted by Gasteiger charge is 2.37. The van der Waals surface area contributed by atoms with Crippen LogP contribution < -0.4 is 20.9 Å². The molecule has 2 aliphatic rings. The zero-order valence-corrected chi connectivity index (χ0v) is 18.3. The van der Waals surface area contributed by atoms with Crippen LogP contribution in [-0.4, -0.2) is 46.0 Å². The first-order valence-corrected chi connectivity index (χ1v) is 10.5. The Hall–Kier alpha value is -3.11. The zero-order chi connectivity index (χ0) is 23.2. The summed E-state index contributed by atoms with van der Waals surface area (Å²) in [5, 5.41) is 9.26. The summed E-state index contributed by atoms with van der Waals surface area (Å²) >= 11 is 0. The van der Waals surface area contributed by atoms with Crippen LogP contribution in [-0.2, 0) is 11.0 Å². The summed E-state index contributed by atoms with van der Waals surface area (Å²) in [7, 11) is 1.85. The van der Waals surface area contributed by atoms with E-state index >= 15 is 0 Å². The molecule has 3 heterocycles. The summed E-state index contributed by atoms with van der Waals surface area (Å²) in [5.41, 5.74) is 0.371. The molecular weight excluding hydrogens is 423 g/mol. The fourth-order valence-corrected chi connectivity index (χ4v) is 4.20. The summed E-state index contributed by atoms with van der Waals surface area (Å²) in [4.78, 5) is 27.1. The van der Waals surface area contributed by atoms with Gasteiger partial charge in [-0.2, -0.15) is 18.2 Å². The van der Waals surface area contributed by atoms with Crippen molar-refractivity contribution in [3.8, 4) is 0 Å². The Balaban J connectivity index is 1.40. The van der Waals surface area contributed by atoms with E-state index in [9.17, 15) is 18.0 Å². The lowest BCUT2D eigenvalue weighted by atomic mass is 9.87. The van der Waals surface area contributed by atoms with E-state index in [1.54, 1.807) is 0 Å². The Labute approximate surface area is 184 Å². The number of carbonyl (C=O) groups excluding carboxylic acids is 1. The number of likely N-dealkylation sites (N-methyl/N-ethyl adjacent to an activating group) is 1. The minimum absolute atomic E-state index is 0.00879. The fourth-order valence-electron chi connectivity index (χ4n) is 4.20. The van der Waals surface area contributed by atoms with Crippen molar-refractivity contribution in [1.29, 1.82) is 0 Å². The molecule has 11 heteroatoms. The number of aryl methyl sites for hydroxylation is 1. The van der Waals surface area contributed by atoms with Gasteiger partial charge in [-0.15, -0.1) is 0 Å². The maximum absolute atomic E-state index is 12.8. The van der Waals surface area contributed by atoms with E-state index in [1.807, 2.05) is 32.7 Å². The van der Waals surface area contributed by atoms with Crippen LogP contribution in [0.15, 0.2) is 18.2 Å². The predicted molar refractivity (Wildman–Crippen MR) is 116 cm³/mol. The summed E-state index contributed by atoms with van der Waals surface area (Å²) in [6, 6.07) is 3.60. The van der Waals surface area contributed by atoms with E-state index in [0.29, 0.717) is 36.0 Å². The van der Waals surface area contributed by atoms with Gasteiger partial charge in [-0.1, -0.05) is 19.9 Å². The molecule has 1 aliphatic heterocycles. The molecule has 8 nitrogen and oxygen atoms in total. The van der Waals surface area contributed by atoms with Gasteiger partial charge < -0.3 is 20.9 Å². The minimum atomic E-state index is -4.47. The van der Waals surface area contributed by atoms with Gasteiger partial charge in [-0.05, 0) is 37.8 Å². The first-order valence-electron chi connectivity index (χ1n) is 10.5. The van der Waals surface area contributed by atoms with E-state index in [1.165, 1.54) is 12.1 Å². The highest BCUT2D eigenvalue weighted by Crippen LogP contribution is 2.35. The van der Waals surface area contributed by atoms with Crippen molar-refractivity contribution in [2.24, 2.45) is 5.92 Å². The third kappa shape index (κ3) is 4.28. The molecule has 0 bridgehead atoms. The monoisotopic (exact) mass is 449 g/mol. The van der Waals surface area contributed by atoms with Gasteiger partial charge in [-0.25, -0.2) is 9.97 Å². The number of nitrogens with one attached hydrogen (secondary N) is 3. The first-order chi connectivity index (χ1) is 15.0. The third-order valence-corrected chi connectivity index (χ3v) is 5.83. The van der Waals surface area contributed by atoms with Crippen LogP contribution in [0.3, 0.4) is 0 Å². The van der Waals surface area contributed by atoms with Crippen molar-refractivity contribution in [3.05, 3.63) is 29.6 Å². The topological polar surface area (TPSA) is 95.1 Å². The molecule has 0 radical (unpaired) electrons. The summed E-state index contributed by atoms with van der Waals surface area (Å²) in [6.45, 7) is 5.79. The summed E-state index contributed by atoms with van der Waals surface area (Å²) in [5.74, 6) is 1.38. The third-order valence-electron chi connectivity index (χ3n) is 5.83. The molecular formula is C21H26F3N7O. The Kier molecular flexibility index (Phi) is 5.59. The number of amides is 1. The van der Waals surface area contributed by atoms with Gasteiger partial charge >= 0.3 is 6.18 Å². The van der Waals surface area contributed by atoms with Gasteiger partial charge in [0.15, 0.2) is 5.82 Å². The number of nitrogens with zero attached hydrogens (tertiary/aromatic N) is 4. The average molecular weight is 449 g/mol. The van der Waals surface area contributed by atoms with Crippen LogP contribution in [0.4, 0.5) is 36.4 Å². The Bertz CT molecular complexity index is 1020. The molecule has 172 valence electrons. The second-order valence-electron chi connectivity index (χ2n) is 8.68. The van der Waals surface area contributed by atoms with Gasteiger partial charge in [0.05, 0.1) is 5.69 Å². The lowest BCUT2D eigenvalue weighted by Gasteiger charge is -2.38. The zero-order valence-electron chi connectivity index (χ0n) is 18.3. The highest BCUT2D eigenvalue weighted by atomic mass is 19.4. The van der Waals surface area contributed by atoms with E-state index < -0.39 is 11.9 Å². The molecule has 1 atom stereocenters. The van der Waals surface area contributed by atoms with Gasteiger partial charge in [0.25, 0.3) is 0 Å². The molecule has 2 aromatic heterocycles.